The summed E-state index contributed by atoms with van der Waals surface area (Å²) >= 11 is 1.65. The monoisotopic (exact) mass is 389 g/mol. The van der Waals surface area contributed by atoms with Crippen molar-refractivity contribution in [1.29, 1.82) is 0 Å². The Morgan fingerprint density at radius 2 is 1.96 bits per heavy atom. The fourth-order valence-corrected chi connectivity index (χ4v) is 4.19. The second-order valence-corrected chi connectivity index (χ2v) is 7.62. The molecule has 28 heavy (non-hydrogen) atoms. The van der Waals surface area contributed by atoms with Gasteiger partial charge in [0.05, 0.1) is 12.7 Å². The normalized spacial score (nSPS) is 13.8. The number of aryl methyl sites for hydroxylation is 1. The average Bonchev–Trinajstić information content (AvgIpc) is 3.38. The molecule has 1 aromatic heterocycles. The number of oxazole rings is 1. The lowest BCUT2D eigenvalue weighted by atomic mass is 9.96. The van der Waals surface area contributed by atoms with Gasteiger partial charge in [-0.3, -0.25) is 4.99 Å². The summed E-state index contributed by atoms with van der Waals surface area (Å²) in [6, 6.07) is 14.9. The maximum atomic E-state index is 5.46. The molecule has 0 saturated carbocycles. The highest BCUT2D eigenvalue weighted by atomic mass is 32.2. The number of nitrogens with one attached hydrogen (secondary N) is 1. The van der Waals surface area contributed by atoms with Crippen molar-refractivity contribution in [2.24, 2.45) is 4.99 Å². The fourth-order valence-electron chi connectivity index (χ4n) is 3.30. The number of benzene rings is 2. The molecule has 0 saturated heterocycles. The topological polar surface area (TPSA) is 50.4 Å². The van der Waals surface area contributed by atoms with E-state index in [1.165, 1.54) is 32.9 Å². The third-order valence-corrected chi connectivity index (χ3v) is 6.02. The minimum Gasteiger partial charge on any atom is -0.445 e. The lowest BCUT2D eigenvalue weighted by molar-refractivity contribution is 0.574. The molecular weight excluding hydrogens is 366 g/mol. The molecule has 4 rings (SSSR count). The first-order valence-corrected chi connectivity index (χ1v) is 10.2. The van der Waals surface area contributed by atoms with Crippen molar-refractivity contribution < 1.29 is 4.42 Å². The van der Waals surface area contributed by atoms with E-state index in [0.717, 1.165) is 24.2 Å². The molecule has 0 atom stereocenters. The summed E-state index contributed by atoms with van der Waals surface area (Å²) in [6.45, 7) is 7.10. The lowest BCUT2D eigenvalue weighted by Crippen LogP contribution is -2.07. The summed E-state index contributed by atoms with van der Waals surface area (Å²) in [6.07, 6.45) is 4.23. The van der Waals surface area contributed by atoms with Crippen LogP contribution in [0.15, 0.2) is 80.5 Å². The third kappa shape index (κ3) is 3.62. The van der Waals surface area contributed by atoms with Gasteiger partial charge in [0.15, 0.2) is 0 Å². The summed E-state index contributed by atoms with van der Waals surface area (Å²) in [4.78, 5) is 9.98. The average molecular weight is 390 g/mol. The van der Waals surface area contributed by atoms with Gasteiger partial charge in [-0.2, -0.15) is 0 Å². The first-order chi connectivity index (χ1) is 13.7. The molecule has 142 valence electrons. The standard InChI is InChI=1S/C23H23N3OS/c1-4-17-13-18(23-24-11-12-27-23)9-10-19(17)20-7-5-6-8-22(20)28-26-21-14-25-16(3)15(21)2/h5-13,26H,4,14H2,1-3H3. The van der Waals surface area contributed by atoms with Gasteiger partial charge in [-0.05, 0) is 72.7 Å². The summed E-state index contributed by atoms with van der Waals surface area (Å²) in [5.74, 6) is 0.657. The molecule has 0 aliphatic carbocycles. The number of aromatic nitrogens is 1. The van der Waals surface area contributed by atoms with Gasteiger partial charge in [0, 0.05) is 21.9 Å². The highest BCUT2D eigenvalue weighted by Crippen LogP contribution is 2.35. The summed E-state index contributed by atoms with van der Waals surface area (Å²) in [5.41, 5.74) is 8.30. The molecule has 0 amide bonds. The number of nitrogens with zero attached hydrogens (tertiary/aromatic N) is 2. The Kier molecular flexibility index (Phi) is 5.35. The van der Waals surface area contributed by atoms with E-state index in [1.54, 1.807) is 24.4 Å². The van der Waals surface area contributed by atoms with Crippen molar-refractivity contribution in [2.45, 2.75) is 32.1 Å². The summed E-state index contributed by atoms with van der Waals surface area (Å²) < 4.78 is 8.98. The van der Waals surface area contributed by atoms with E-state index < -0.39 is 0 Å². The quantitative estimate of drug-likeness (QED) is 0.532. The minimum atomic E-state index is 0.657. The molecule has 1 aliphatic rings. The van der Waals surface area contributed by atoms with E-state index in [9.17, 15) is 0 Å². The molecule has 0 unspecified atom stereocenters. The Labute approximate surface area is 169 Å². The van der Waals surface area contributed by atoms with E-state index >= 15 is 0 Å². The Morgan fingerprint density at radius 3 is 2.68 bits per heavy atom. The van der Waals surface area contributed by atoms with Crippen LogP contribution in [0.25, 0.3) is 22.6 Å². The third-order valence-electron chi connectivity index (χ3n) is 5.10. The summed E-state index contributed by atoms with van der Waals surface area (Å²) in [5, 5.41) is 0. The van der Waals surface area contributed by atoms with Crippen LogP contribution >= 0.6 is 11.9 Å². The Hall–Kier alpha value is -2.79. The lowest BCUT2D eigenvalue weighted by Gasteiger charge is -2.15. The molecule has 0 spiro atoms. The number of hydrogen-bond acceptors (Lipinski definition) is 5. The van der Waals surface area contributed by atoms with Crippen LogP contribution in [-0.2, 0) is 6.42 Å². The Bertz CT molecular complexity index is 1050. The van der Waals surface area contributed by atoms with Crippen LogP contribution < -0.4 is 4.72 Å². The van der Waals surface area contributed by atoms with Crippen LogP contribution in [0.1, 0.15) is 26.3 Å². The van der Waals surface area contributed by atoms with Crippen molar-refractivity contribution in [1.82, 2.24) is 9.71 Å². The van der Waals surface area contributed by atoms with Gasteiger partial charge in [-0.15, -0.1) is 0 Å². The molecule has 0 fully saturated rings. The first-order valence-electron chi connectivity index (χ1n) is 9.43. The molecule has 2 heterocycles. The van der Waals surface area contributed by atoms with Gasteiger partial charge < -0.3 is 9.14 Å². The number of aliphatic imine (C=N–C) groups is 1. The molecule has 0 bridgehead atoms. The fraction of sp³-hybridized carbons (Fsp3) is 0.217. The number of hydrogen-bond donors (Lipinski definition) is 1. The zero-order valence-corrected chi connectivity index (χ0v) is 17.1. The molecule has 1 N–H and O–H groups in total. The SMILES string of the molecule is CCc1cc(-c2ncco2)ccc1-c1ccccc1SNC1=C(C)C(C)=NC1. The molecule has 2 aromatic carbocycles. The maximum Gasteiger partial charge on any atom is 0.225 e. The second kappa shape index (κ2) is 8.07. The van der Waals surface area contributed by atoms with Crippen molar-refractivity contribution in [3.8, 4) is 22.6 Å². The van der Waals surface area contributed by atoms with Crippen molar-refractivity contribution >= 4 is 17.7 Å². The van der Waals surface area contributed by atoms with Crippen LogP contribution in [0.2, 0.25) is 0 Å². The van der Waals surface area contributed by atoms with Gasteiger partial charge >= 0.3 is 0 Å². The van der Waals surface area contributed by atoms with Crippen molar-refractivity contribution in [2.75, 3.05) is 6.54 Å². The van der Waals surface area contributed by atoms with Crippen molar-refractivity contribution in [3.05, 3.63) is 71.8 Å². The molecule has 4 nitrogen and oxygen atoms in total. The Morgan fingerprint density at radius 1 is 1.11 bits per heavy atom. The molecular formula is C23H23N3OS. The predicted molar refractivity (Wildman–Crippen MR) is 116 cm³/mol. The smallest absolute Gasteiger partial charge is 0.225 e. The van der Waals surface area contributed by atoms with E-state index in [0.29, 0.717) is 5.89 Å². The highest BCUT2D eigenvalue weighted by Gasteiger charge is 2.15. The van der Waals surface area contributed by atoms with E-state index in [1.807, 2.05) is 0 Å². The van der Waals surface area contributed by atoms with Crippen LogP contribution in [0, 0.1) is 0 Å². The maximum absolute atomic E-state index is 5.46. The van der Waals surface area contributed by atoms with Crippen molar-refractivity contribution in [3.63, 3.8) is 0 Å². The van der Waals surface area contributed by atoms with Gasteiger partial charge in [-0.25, -0.2) is 4.98 Å². The zero-order valence-electron chi connectivity index (χ0n) is 16.3. The van der Waals surface area contributed by atoms with E-state index in [4.69, 9.17) is 4.42 Å². The highest BCUT2D eigenvalue weighted by molar-refractivity contribution is 7.97. The Balaban J connectivity index is 1.65. The second-order valence-electron chi connectivity index (χ2n) is 6.77. The zero-order chi connectivity index (χ0) is 19.5. The van der Waals surface area contributed by atoms with Crippen LogP contribution in [0.3, 0.4) is 0 Å². The van der Waals surface area contributed by atoms with Gasteiger partial charge in [0.2, 0.25) is 5.89 Å². The molecule has 1 aliphatic heterocycles. The van der Waals surface area contributed by atoms with Crippen LogP contribution in [-0.4, -0.2) is 17.2 Å². The van der Waals surface area contributed by atoms with Gasteiger partial charge in [0.25, 0.3) is 0 Å². The first kappa shape index (κ1) is 18.6. The molecule has 5 heteroatoms. The molecule has 0 radical (unpaired) electrons. The van der Waals surface area contributed by atoms with E-state index in [2.05, 4.69) is 77.9 Å². The largest absolute Gasteiger partial charge is 0.445 e. The number of rotatable bonds is 6. The van der Waals surface area contributed by atoms with Gasteiger partial charge in [0.1, 0.15) is 6.26 Å². The minimum absolute atomic E-state index is 0.657. The predicted octanol–water partition coefficient (Wildman–Crippen LogP) is 5.92. The van der Waals surface area contributed by atoms with Crippen LogP contribution in [0.5, 0.6) is 0 Å². The molecule has 3 aromatic rings. The van der Waals surface area contributed by atoms with Crippen LogP contribution in [0.4, 0.5) is 0 Å². The van der Waals surface area contributed by atoms with E-state index in [-0.39, 0.29) is 0 Å². The number of allylic oxidation sites excluding steroid dienone is 1. The summed E-state index contributed by atoms with van der Waals surface area (Å²) in [7, 11) is 0. The van der Waals surface area contributed by atoms with Gasteiger partial charge in [-0.1, -0.05) is 31.2 Å².